The Morgan fingerprint density at radius 2 is 2.05 bits per heavy atom. The van der Waals surface area contributed by atoms with E-state index in [-0.39, 0.29) is 17.1 Å². The van der Waals surface area contributed by atoms with Crippen LogP contribution in [-0.4, -0.2) is 41.8 Å². The first-order valence-corrected chi connectivity index (χ1v) is 5.34. The molecule has 0 aliphatic heterocycles. The zero-order valence-corrected chi connectivity index (χ0v) is 10.6. The van der Waals surface area contributed by atoms with Crippen LogP contribution in [0.3, 0.4) is 0 Å². The first-order valence-electron chi connectivity index (χ1n) is 5.34. The highest BCUT2D eigenvalue weighted by Crippen LogP contribution is 2.19. The van der Waals surface area contributed by atoms with Crippen LogP contribution in [0.1, 0.15) is 26.5 Å². The van der Waals surface area contributed by atoms with Crippen molar-refractivity contribution in [2.24, 2.45) is 14.1 Å². The van der Waals surface area contributed by atoms with Gasteiger partial charge in [0.15, 0.2) is 5.69 Å². The third kappa shape index (κ3) is 2.30. The van der Waals surface area contributed by atoms with Crippen molar-refractivity contribution in [3.63, 3.8) is 0 Å². The van der Waals surface area contributed by atoms with Crippen LogP contribution in [0.25, 0.3) is 0 Å². The van der Waals surface area contributed by atoms with E-state index in [9.17, 15) is 9.59 Å². The number of carboxylic acids is 1. The maximum atomic E-state index is 11.9. The molecule has 0 fully saturated rings. The zero-order chi connectivity index (χ0) is 14.2. The normalized spacial score (nSPS) is 10.5. The van der Waals surface area contributed by atoms with E-state index in [4.69, 9.17) is 5.11 Å². The molecule has 2 aromatic rings. The van der Waals surface area contributed by atoms with Gasteiger partial charge in [-0.05, 0) is 6.92 Å². The van der Waals surface area contributed by atoms with Gasteiger partial charge in [0.2, 0.25) is 0 Å². The molecule has 0 spiro atoms. The van der Waals surface area contributed by atoms with Crippen LogP contribution in [0, 0.1) is 6.92 Å². The third-order valence-corrected chi connectivity index (χ3v) is 2.50. The van der Waals surface area contributed by atoms with Gasteiger partial charge in [0, 0.05) is 14.1 Å². The second kappa shape index (κ2) is 4.52. The number of anilines is 1. The summed E-state index contributed by atoms with van der Waals surface area (Å²) >= 11 is 0. The summed E-state index contributed by atoms with van der Waals surface area (Å²) in [5, 5.41) is 22.8. The van der Waals surface area contributed by atoms with E-state index in [1.165, 1.54) is 15.6 Å². The number of amides is 1. The monoisotopic (exact) mass is 264 g/mol. The topological polar surface area (TPSA) is 115 Å². The first kappa shape index (κ1) is 12.7. The zero-order valence-electron chi connectivity index (χ0n) is 10.6. The third-order valence-electron chi connectivity index (χ3n) is 2.50. The van der Waals surface area contributed by atoms with Crippen molar-refractivity contribution in [3.05, 3.63) is 23.1 Å². The van der Waals surface area contributed by atoms with Crippen molar-refractivity contribution >= 4 is 17.7 Å². The minimum atomic E-state index is -1.15. The molecule has 100 valence electrons. The molecular formula is C10H12N6O3. The minimum Gasteiger partial charge on any atom is -0.477 e. The Balaban J connectivity index is 2.34. The lowest BCUT2D eigenvalue weighted by Gasteiger charge is -2.04. The van der Waals surface area contributed by atoms with Crippen molar-refractivity contribution in [1.82, 2.24) is 24.8 Å². The van der Waals surface area contributed by atoms with Crippen molar-refractivity contribution in [1.29, 1.82) is 0 Å². The Kier molecular flexibility index (Phi) is 3.03. The number of hydrogen-bond acceptors (Lipinski definition) is 5. The molecule has 0 atom stereocenters. The van der Waals surface area contributed by atoms with Crippen molar-refractivity contribution < 1.29 is 14.7 Å². The van der Waals surface area contributed by atoms with E-state index in [1.54, 1.807) is 21.0 Å². The second-order valence-electron chi connectivity index (χ2n) is 3.97. The van der Waals surface area contributed by atoms with Crippen LogP contribution in [0.2, 0.25) is 0 Å². The average Bonchev–Trinajstić information content (AvgIpc) is 2.84. The summed E-state index contributed by atoms with van der Waals surface area (Å²) in [6.07, 6.45) is 1.43. The van der Waals surface area contributed by atoms with Gasteiger partial charge in [-0.25, -0.2) is 4.79 Å². The minimum absolute atomic E-state index is 0.0419. The van der Waals surface area contributed by atoms with E-state index < -0.39 is 11.9 Å². The SMILES string of the molecule is Cc1nn(C)c(NC(=O)c2cn(C)nn2)c1C(=O)O. The highest BCUT2D eigenvalue weighted by Gasteiger charge is 2.22. The number of hydrogen-bond donors (Lipinski definition) is 2. The van der Waals surface area contributed by atoms with Crippen LogP contribution in [0.5, 0.6) is 0 Å². The van der Waals surface area contributed by atoms with Gasteiger partial charge in [0.05, 0.1) is 11.9 Å². The smallest absolute Gasteiger partial charge is 0.341 e. The Morgan fingerprint density at radius 3 is 2.58 bits per heavy atom. The predicted molar refractivity (Wildman–Crippen MR) is 63.9 cm³/mol. The van der Waals surface area contributed by atoms with Gasteiger partial charge < -0.3 is 10.4 Å². The quantitative estimate of drug-likeness (QED) is 0.793. The lowest BCUT2D eigenvalue weighted by molar-refractivity contribution is 0.0697. The average molecular weight is 264 g/mol. The number of aryl methyl sites for hydroxylation is 3. The molecule has 2 aromatic heterocycles. The molecule has 0 unspecified atom stereocenters. The predicted octanol–water partition coefficient (Wildman–Crippen LogP) is -0.192. The molecule has 2 rings (SSSR count). The molecule has 0 radical (unpaired) electrons. The van der Waals surface area contributed by atoms with Gasteiger partial charge in [-0.3, -0.25) is 14.2 Å². The van der Waals surface area contributed by atoms with Crippen molar-refractivity contribution in [2.45, 2.75) is 6.92 Å². The summed E-state index contributed by atoms with van der Waals surface area (Å²) in [5.74, 6) is -1.58. The van der Waals surface area contributed by atoms with Crippen molar-refractivity contribution in [2.75, 3.05) is 5.32 Å². The molecule has 0 aromatic carbocycles. The number of nitrogens with one attached hydrogen (secondary N) is 1. The number of aromatic nitrogens is 5. The molecule has 0 bridgehead atoms. The van der Waals surface area contributed by atoms with E-state index >= 15 is 0 Å². The Bertz CT molecular complexity index is 656. The molecule has 0 saturated carbocycles. The largest absolute Gasteiger partial charge is 0.477 e. The molecule has 19 heavy (non-hydrogen) atoms. The fourth-order valence-corrected chi connectivity index (χ4v) is 1.68. The number of nitrogens with zero attached hydrogens (tertiary/aromatic N) is 5. The van der Waals surface area contributed by atoms with Crippen LogP contribution in [-0.2, 0) is 14.1 Å². The van der Waals surface area contributed by atoms with Gasteiger partial charge in [-0.2, -0.15) is 5.10 Å². The van der Waals surface area contributed by atoms with Crippen molar-refractivity contribution in [3.8, 4) is 0 Å². The molecule has 0 aliphatic rings. The first-order chi connectivity index (χ1) is 8.90. The number of carbonyl (C=O) groups excluding carboxylic acids is 1. The van der Waals surface area contributed by atoms with Gasteiger partial charge in [-0.1, -0.05) is 5.21 Å². The van der Waals surface area contributed by atoms with E-state index in [0.29, 0.717) is 5.69 Å². The number of rotatable bonds is 3. The van der Waals surface area contributed by atoms with Gasteiger partial charge in [-0.15, -0.1) is 5.10 Å². The maximum absolute atomic E-state index is 11.9. The summed E-state index contributed by atoms with van der Waals surface area (Å²) in [4.78, 5) is 23.0. The summed E-state index contributed by atoms with van der Waals surface area (Å²) in [6, 6.07) is 0. The summed E-state index contributed by atoms with van der Waals surface area (Å²) in [7, 11) is 3.17. The van der Waals surface area contributed by atoms with Crippen LogP contribution >= 0.6 is 0 Å². The summed E-state index contributed by atoms with van der Waals surface area (Å²) < 4.78 is 2.68. The van der Waals surface area contributed by atoms with Crippen LogP contribution in [0.4, 0.5) is 5.82 Å². The molecular weight excluding hydrogens is 252 g/mol. The van der Waals surface area contributed by atoms with Gasteiger partial charge >= 0.3 is 5.97 Å². The lowest BCUT2D eigenvalue weighted by Crippen LogP contribution is -2.17. The van der Waals surface area contributed by atoms with Crippen LogP contribution in [0.15, 0.2) is 6.20 Å². The molecule has 9 heteroatoms. The molecule has 2 N–H and O–H groups in total. The van der Waals surface area contributed by atoms with Crippen LogP contribution < -0.4 is 5.32 Å². The van der Waals surface area contributed by atoms with E-state index in [2.05, 4.69) is 20.7 Å². The fourth-order valence-electron chi connectivity index (χ4n) is 1.68. The number of aromatic carboxylic acids is 1. The van der Waals surface area contributed by atoms with E-state index in [1.807, 2.05) is 0 Å². The highest BCUT2D eigenvalue weighted by atomic mass is 16.4. The van der Waals surface area contributed by atoms with E-state index in [0.717, 1.165) is 0 Å². The Labute approximate surface area is 107 Å². The maximum Gasteiger partial charge on any atom is 0.341 e. The highest BCUT2D eigenvalue weighted by molar-refractivity contribution is 6.06. The number of carboxylic acid groups (broad SMARTS) is 1. The molecule has 9 nitrogen and oxygen atoms in total. The summed E-state index contributed by atoms with van der Waals surface area (Å²) in [5.41, 5.74) is 0.377. The molecule has 2 heterocycles. The molecule has 0 aliphatic carbocycles. The molecule has 0 saturated heterocycles. The van der Waals surface area contributed by atoms with Gasteiger partial charge in [0.25, 0.3) is 5.91 Å². The molecule has 1 amide bonds. The summed E-state index contributed by atoms with van der Waals surface area (Å²) in [6.45, 7) is 1.56. The Hall–Kier alpha value is -2.71. The Morgan fingerprint density at radius 1 is 1.37 bits per heavy atom. The lowest BCUT2D eigenvalue weighted by atomic mass is 10.2. The second-order valence-corrected chi connectivity index (χ2v) is 3.97. The number of carbonyl (C=O) groups is 2. The fraction of sp³-hybridized carbons (Fsp3) is 0.300. The standard InChI is InChI=1S/C10H12N6O3/c1-5-7(10(18)19)8(16(3)13-5)11-9(17)6-4-15(2)14-12-6/h4H,1-3H3,(H,11,17)(H,18,19). The van der Waals surface area contributed by atoms with Gasteiger partial charge in [0.1, 0.15) is 11.4 Å².